The second-order valence-corrected chi connectivity index (χ2v) is 14.1. The van der Waals surface area contributed by atoms with Gasteiger partial charge in [0.2, 0.25) is 17.7 Å². The van der Waals surface area contributed by atoms with Crippen molar-refractivity contribution in [3.63, 3.8) is 0 Å². The van der Waals surface area contributed by atoms with Crippen LogP contribution in [0.5, 0.6) is 11.5 Å². The van der Waals surface area contributed by atoms with Crippen LogP contribution in [-0.2, 0) is 27.1 Å². The zero-order valence-corrected chi connectivity index (χ0v) is 33.1. The summed E-state index contributed by atoms with van der Waals surface area (Å²) in [5, 5.41) is 12.1. The van der Waals surface area contributed by atoms with Gasteiger partial charge in [-0.05, 0) is 65.6 Å². The lowest BCUT2D eigenvalue weighted by molar-refractivity contribution is -0.139. The van der Waals surface area contributed by atoms with Gasteiger partial charge in [0.25, 0.3) is 5.91 Å². The molecule has 1 aliphatic heterocycles. The second kappa shape index (κ2) is 19.2. The molecule has 4 bridgehead atoms. The van der Waals surface area contributed by atoms with Gasteiger partial charge in [0.05, 0.1) is 12.6 Å². The molecular formula is C42H47BN8O8. The Bertz CT molecular complexity index is 2350. The molecule has 2 heterocycles. The standard InChI is InChI=1S/C42H47BN8O8/c1-24-39(53)48-33(38-49-42(56)59-50-38)20-26-5-13-34(57-17-15-44)31(19-26)32-21-30(12-14-35(32)58-18-16-45)37(41(55)47-24)51(2)36(52)23-46-40(54)29-10-8-28(9-11-29)27-6-3-25(22-43)4-7-27/h3-14,19,21,24,33,37H,15-18,20,22-23,43-45H2,1-2H3,(H,46,54)(H,47,55)(H,48,53)(H,49,50,56)/t24-,33?,37?/m0/s1. The van der Waals surface area contributed by atoms with Crippen molar-refractivity contribution in [2.45, 2.75) is 37.8 Å². The Kier molecular flexibility index (Phi) is 13.6. The van der Waals surface area contributed by atoms with Gasteiger partial charge in [0.1, 0.15) is 44.6 Å². The molecule has 16 nitrogen and oxygen atoms in total. The van der Waals surface area contributed by atoms with E-state index in [0.717, 1.165) is 17.4 Å². The Morgan fingerprint density at radius 2 is 1.49 bits per heavy atom. The Labute approximate surface area is 341 Å². The van der Waals surface area contributed by atoms with Crippen LogP contribution in [0, 0.1) is 0 Å². The minimum Gasteiger partial charge on any atom is -0.492 e. The highest BCUT2D eigenvalue weighted by Gasteiger charge is 2.33. The lowest BCUT2D eigenvalue weighted by atomic mass is 9.93. The van der Waals surface area contributed by atoms with Crippen LogP contribution in [0.3, 0.4) is 0 Å². The number of carbonyl (C=O) groups is 4. The Balaban J connectivity index is 1.33. The van der Waals surface area contributed by atoms with Gasteiger partial charge in [-0.3, -0.25) is 28.7 Å². The number of aromatic nitrogens is 2. The van der Waals surface area contributed by atoms with Crippen LogP contribution in [0.1, 0.15) is 51.9 Å². The van der Waals surface area contributed by atoms with E-state index in [1.54, 1.807) is 42.5 Å². The molecule has 0 radical (unpaired) electrons. The van der Waals surface area contributed by atoms with E-state index in [0.29, 0.717) is 39.3 Å². The minimum absolute atomic E-state index is 0.0656. The van der Waals surface area contributed by atoms with Crippen molar-refractivity contribution in [3.8, 4) is 33.8 Å². The Morgan fingerprint density at radius 3 is 2.10 bits per heavy atom. The number of nitrogens with zero attached hydrogens (tertiary/aromatic N) is 2. The molecule has 4 amide bonds. The van der Waals surface area contributed by atoms with Gasteiger partial charge in [-0.15, -0.1) is 0 Å². The fraction of sp³-hybridized carbons (Fsp3) is 0.286. The Hall–Kier alpha value is -6.72. The van der Waals surface area contributed by atoms with Crippen molar-refractivity contribution in [1.29, 1.82) is 0 Å². The summed E-state index contributed by atoms with van der Waals surface area (Å²) in [6.07, 6.45) is 1.09. The van der Waals surface area contributed by atoms with E-state index in [-0.39, 0.29) is 38.5 Å². The van der Waals surface area contributed by atoms with E-state index in [9.17, 15) is 24.0 Å². The fourth-order valence-corrected chi connectivity index (χ4v) is 6.75. The number of nitrogens with one attached hydrogen (secondary N) is 4. The number of amides is 4. The van der Waals surface area contributed by atoms with Crippen molar-refractivity contribution in [2.24, 2.45) is 11.5 Å². The van der Waals surface area contributed by atoms with Crippen LogP contribution in [0.2, 0.25) is 0 Å². The number of hydrogen-bond acceptors (Lipinski definition) is 11. The first-order chi connectivity index (χ1) is 28.5. The number of fused-ring (bicyclic) bond motifs is 5. The van der Waals surface area contributed by atoms with Gasteiger partial charge >= 0.3 is 5.76 Å². The molecule has 306 valence electrons. The molecule has 0 fully saturated rings. The summed E-state index contributed by atoms with van der Waals surface area (Å²) in [5.74, 6) is -2.22. The van der Waals surface area contributed by atoms with Crippen LogP contribution in [-0.4, -0.2) is 92.5 Å². The van der Waals surface area contributed by atoms with E-state index in [2.05, 4.69) is 46.1 Å². The van der Waals surface area contributed by atoms with Gasteiger partial charge in [-0.2, -0.15) is 0 Å². The lowest BCUT2D eigenvalue weighted by Crippen LogP contribution is -2.51. The number of H-pyrrole nitrogens is 1. The summed E-state index contributed by atoms with van der Waals surface area (Å²) in [6, 6.07) is 22.4. The van der Waals surface area contributed by atoms with E-state index in [1.165, 1.54) is 24.4 Å². The van der Waals surface area contributed by atoms with Crippen LogP contribution in [0.15, 0.2) is 94.2 Å². The first kappa shape index (κ1) is 41.9. The molecule has 6 rings (SSSR count). The van der Waals surface area contributed by atoms with Gasteiger partial charge < -0.3 is 41.8 Å². The quantitative estimate of drug-likeness (QED) is 0.0930. The largest absolute Gasteiger partial charge is 0.492 e. The fourth-order valence-electron chi connectivity index (χ4n) is 6.75. The zero-order valence-electron chi connectivity index (χ0n) is 33.1. The molecule has 3 atom stereocenters. The summed E-state index contributed by atoms with van der Waals surface area (Å²) in [4.78, 5) is 70.7. The molecule has 2 unspecified atom stereocenters. The molecule has 0 saturated carbocycles. The van der Waals surface area contributed by atoms with Gasteiger partial charge in [0, 0.05) is 43.2 Å². The highest BCUT2D eigenvalue weighted by atomic mass is 16.5. The molecule has 17 heteroatoms. The predicted molar refractivity (Wildman–Crippen MR) is 222 cm³/mol. The van der Waals surface area contributed by atoms with E-state index >= 15 is 0 Å². The lowest BCUT2D eigenvalue weighted by Gasteiger charge is -2.30. The number of ether oxygens (including phenoxy) is 2. The third-order valence-corrected chi connectivity index (χ3v) is 9.97. The van der Waals surface area contributed by atoms with E-state index < -0.39 is 54.1 Å². The van der Waals surface area contributed by atoms with Crippen LogP contribution >= 0.6 is 0 Å². The van der Waals surface area contributed by atoms with Crippen molar-refractivity contribution >= 4 is 31.5 Å². The first-order valence-electron chi connectivity index (χ1n) is 19.3. The number of rotatable bonds is 13. The summed E-state index contributed by atoms with van der Waals surface area (Å²) in [6.45, 7) is 1.87. The van der Waals surface area contributed by atoms with Crippen molar-refractivity contribution in [1.82, 2.24) is 31.0 Å². The summed E-state index contributed by atoms with van der Waals surface area (Å²) in [7, 11) is 3.53. The van der Waals surface area contributed by atoms with Crippen molar-refractivity contribution in [2.75, 3.05) is 39.9 Å². The molecule has 59 heavy (non-hydrogen) atoms. The first-order valence-corrected chi connectivity index (χ1v) is 19.3. The molecule has 5 aromatic rings. The van der Waals surface area contributed by atoms with E-state index in [1.807, 2.05) is 30.3 Å². The maximum absolute atomic E-state index is 14.3. The maximum atomic E-state index is 14.3. The molecule has 1 aromatic heterocycles. The molecule has 0 aliphatic carbocycles. The smallest absolute Gasteiger partial charge is 0.438 e. The van der Waals surface area contributed by atoms with Crippen LogP contribution in [0.4, 0.5) is 0 Å². The normalized spacial score (nSPS) is 16.6. The monoisotopic (exact) mass is 802 g/mol. The molecule has 0 saturated heterocycles. The van der Waals surface area contributed by atoms with Crippen molar-refractivity contribution < 1.29 is 33.2 Å². The maximum Gasteiger partial charge on any atom is 0.438 e. The van der Waals surface area contributed by atoms with E-state index in [4.69, 9.17) is 25.5 Å². The third kappa shape index (κ3) is 10.1. The number of carbonyl (C=O) groups excluding carboxylic acids is 4. The molecule has 8 N–H and O–H groups in total. The zero-order chi connectivity index (χ0) is 42.1. The SMILES string of the molecule is BCc1ccc(-c2ccc(C(=O)NCC(=O)N(C)C3C(=O)N[C@@H](C)C(=O)NC(c4noc(=O)[nH]4)Cc4ccc(OCCN)c(c4)-c4cc3ccc4OCCN)cc2)cc1. The van der Waals surface area contributed by atoms with Crippen molar-refractivity contribution in [3.05, 3.63) is 124 Å². The third-order valence-electron chi connectivity index (χ3n) is 9.97. The minimum atomic E-state index is -1.29. The van der Waals surface area contributed by atoms with Gasteiger partial charge in [0.15, 0.2) is 5.82 Å². The van der Waals surface area contributed by atoms with Gasteiger partial charge in [-0.25, -0.2) is 4.79 Å². The summed E-state index contributed by atoms with van der Waals surface area (Å²) >= 11 is 0. The summed E-state index contributed by atoms with van der Waals surface area (Å²) < 4.78 is 16.9. The molecule has 0 spiro atoms. The predicted octanol–water partition coefficient (Wildman–Crippen LogP) is 1.35. The molecule has 1 aliphatic rings. The average Bonchev–Trinajstić information content (AvgIpc) is 3.69. The number of likely N-dealkylation sites (N-methyl/N-ethyl adjacent to an activating group) is 1. The Morgan fingerprint density at radius 1 is 0.864 bits per heavy atom. The summed E-state index contributed by atoms with van der Waals surface area (Å²) in [5.41, 5.74) is 17.3. The second-order valence-electron chi connectivity index (χ2n) is 14.1. The number of benzene rings is 4. The van der Waals surface area contributed by atoms with Crippen LogP contribution < -0.4 is 42.6 Å². The van der Waals surface area contributed by atoms with Crippen LogP contribution in [0.25, 0.3) is 22.3 Å². The number of hydrogen-bond donors (Lipinski definition) is 6. The number of aromatic amines is 1. The highest BCUT2D eigenvalue weighted by molar-refractivity contribution is 6.08. The average molecular weight is 803 g/mol. The topological polar surface area (TPSA) is 237 Å². The highest BCUT2D eigenvalue weighted by Crippen LogP contribution is 2.40. The van der Waals surface area contributed by atoms with Gasteiger partial charge in [-0.1, -0.05) is 65.6 Å². The molecular weight excluding hydrogens is 755 g/mol. The molecule has 4 aromatic carbocycles. The number of nitrogens with two attached hydrogens (primary N) is 2.